The summed E-state index contributed by atoms with van der Waals surface area (Å²) in [5.41, 5.74) is 7.09. The average Bonchev–Trinajstić information content (AvgIpc) is 3.23. The molecule has 0 aliphatic heterocycles. The first-order valence-corrected chi connectivity index (χ1v) is 12.5. The van der Waals surface area contributed by atoms with Gasteiger partial charge in [0.15, 0.2) is 5.78 Å². The van der Waals surface area contributed by atoms with Crippen molar-refractivity contribution in [2.75, 3.05) is 12.3 Å². The van der Waals surface area contributed by atoms with Gasteiger partial charge >= 0.3 is 5.97 Å². The molecule has 0 bridgehead atoms. The van der Waals surface area contributed by atoms with Crippen molar-refractivity contribution in [2.45, 2.75) is 45.2 Å². The highest BCUT2D eigenvalue weighted by Gasteiger charge is 2.30. The Morgan fingerprint density at radius 2 is 1.79 bits per heavy atom. The Kier molecular flexibility index (Phi) is 8.11. The largest absolute Gasteiger partial charge is 0.481 e. The van der Waals surface area contributed by atoms with Crippen molar-refractivity contribution in [1.29, 1.82) is 0 Å². The van der Waals surface area contributed by atoms with Gasteiger partial charge < -0.3 is 15.7 Å². The van der Waals surface area contributed by atoms with Gasteiger partial charge in [-0.2, -0.15) is 5.10 Å². The Morgan fingerprint density at radius 1 is 1.13 bits per heavy atom. The second-order valence-corrected chi connectivity index (χ2v) is 9.91. The predicted molar refractivity (Wildman–Crippen MR) is 137 cm³/mol. The lowest BCUT2D eigenvalue weighted by atomic mass is 9.86. The number of rotatable bonds is 8. The average molecular weight is 545 g/mol. The SMILES string of the molecule is Cc1c(C(=O)N(CC(=O)c2c(N)cccc2Cl)Cc2cc(F)cc(F)c2)cnn1[C@H]1CC[C@H](C(=O)O)CC1. The fraction of sp³-hybridized carbons (Fsp3) is 0.333. The van der Waals surface area contributed by atoms with E-state index in [9.17, 15) is 28.3 Å². The molecule has 1 amide bonds. The Balaban J connectivity index is 1.62. The van der Waals surface area contributed by atoms with Crippen LogP contribution >= 0.6 is 11.6 Å². The van der Waals surface area contributed by atoms with Crippen LogP contribution in [-0.4, -0.2) is 44.0 Å². The number of carbonyl (C=O) groups excluding carboxylic acids is 2. The molecule has 1 saturated carbocycles. The van der Waals surface area contributed by atoms with E-state index in [1.807, 2.05) is 0 Å². The molecule has 3 N–H and O–H groups in total. The molecule has 1 aromatic heterocycles. The highest BCUT2D eigenvalue weighted by atomic mass is 35.5. The normalized spacial score (nSPS) is 17.3. The van der Waals surface area contributed by atoms with Gasteiger partial charge in [0.1, 0.15) is 11.6 Å². The fourth-order valence-electron chi connectivity index (χ4n) is 4.95. The van der Waals surface area contributed by atoms with Crippen LogP contribution in [0.3, 0.4) is 0 Å². The number of aromatic nitrogens is 2. The Bertz CT molecular complexity index is 1340. The molecule has 1 aliphatic carbocycles. The van der Waals surface area contributed by atoms with Crippen LogP contribution in [0.4, 0.5) is 14.5 Å². The van der Waals surface area contributed by atoms with Gasteiger partial charge in [-0.1, -0.05) is 17.7 Å². The molecule has 1 heterocycles. The molecular formula is C27H27ClF2N4O4. The first-order valence-electron chi connectivity index (χ1n) is 12.1. The number of anilines is 1. The molecule has 3 aromatic rings. The molecule has 0 radical (unpaired) electrons. The van der Waals surface area contributed by atoms with Gasteiger partial charge in [-0.25, -0.2) is 8.78 Å². The molecule has 4 rings (SSSR count). The minimum Gasteiger partial charge on any atom is -0.481 e. The van der Waals surface area contributed by atoms with Crippen molar-refractivity contribution in [3.8, 4) is 0 Å². The number of nitrogen functional groups attached to an aromatic ring is 1. The van der Waals surface area contributed by atoms with E-state index in [2.05, 4.69) is 5.10 Å². The summed E-state index contributed by atoms with van der Waals surface area (Å²) in [5, 5.41) is 13.8. The first-order chi connectivity index (χ1) is 18.0. The van der Waals surface area contributed by atoms with Crippen LogP contribution < -0.4 is 5.73 Å². The molecule has 1 aliphatic rings. The van der Waals surface area contributed by atoms with E-state index in [-0.39, 0.29) is 40.0 Å². The van der Waals surface area contributed by atoms with Crippen LogP contribution in [0.2, 0.25) is 5.02 Å². The number of carbonyl (C=O) groups is 3. The van der Waals surface area contributed by atoms with Crippen molar-refractivity contribution in [3.63, 3.8) is 0 Å². The maximum atomic E-state index is 13.9. The summed E-state index contributed by atoms with van der Waals surface area (Å²) < 4.78 is 29.5. The Labute approximate surface area is 223 Å². The number of hydrogen-bond acceptors (Lipinski definition) is 5. The van der Waals surface area contributed by atoms with E-state index in [1.54, 1.807) is 17.7 Å². The summed E-state index contributed by atoms with van der Waals surface area (Å²) in [6, 6.07) is 7.45. The van der Waals surface area contributed by atoms with Crippen molar-refractivity contribution in [2.24, 2.45) is 5.92 Å². The third-order valence-electron chi connectivity index (χ3n) is 6.91. The first kappa shape index (κ1) is 27.3. The molecule has 0 atom stereocenters. The number of carboxylic acid groups (broad SMARTS) is 1. The number of aliphatic carboxylic acids is 1. The molecule has 2 aromatic carbocycles. The van der Waals surface area contributed by atoms with Crippen molar-refractivity contribution in [3.05, 3.63) is 81.6 Å². The number of ketones is 1. The molecule has 11 heteroatoms. The Morgan fingerprint density at radius 3 is 2.39 bits per heavy atom. The summed E-state index contributed by atoms with van der Waals surface area (Å²) in [6.45, 7) is 1.02. The molecule has 0 saturated heterocycles. The monoisotopic (exact) mass is 544 g/mol. The van der Waals surface area contributed by atoms with Crippen LogP contribution in [0.5, 0.6) is 0 Å². The third-order valence-corrected chi connectivity index (χ3v) is 7.22. The highest BCUT2D eigenvalue weighted by Crippen LogP contribution is 2.33. The number of benzene rings is 2. The second-order valence-electron chi connectivity index (χ2n) is 9.50. The number of halogens is 3. The fourth-order valence-corrected chi connectivity index (χ4v) is 5.24. The van der Waals surface area contributed by atoms with Crippen LogP contribution in [-0.2, 0) is 11.3 Å². The summed E-state index contributed by atoms with van der Waals surface area (Å²) in [5.74, 6) is -3.92. The van der Waals surface area contributed by atoms with E-state index in [0.717, 1.165) is 18.2 Å². The topological polar surface area (TPSA) is 119 Å². The lowest BCUT2D eigenvalue weighted by molar-refractivity contribution is -0.143. The minimum atomic E-state index is -0.815. The number of carboxylic acids is 1. The zero-order valence-corrected chi connectivity index (χ0v) is 21.4. The molecule has 200 valence electrons. The van der Waals surface area contributed by atoms with Crippen molar-refractivity contribution < 1.29 is 28.3 Å². The second kappa shape index (κ2) is 11.3. The number of Topliss-reactive ketones (excluding diaryl/α,β-unsaturated/α-hetero) is 1. The maximum Gasteiger partial charge on any atom is 0.306 e. The standard InChI is InChI=1S/C27H27ClF2N4O4/c1-15-21(12-32-34(15)20-7-5-17(6-8-20)27(37)38)26(36)33(13-16-9-18(29)11-19(30)10-16)14-24(35)25-22(28)3-2-4-23(25)31/h2-4,9-12,17,20H,5-8,13-14,31H2,1H3,(H,37,38)/t17-,20-. The molecule has 38 heavy (non-hydrogen) atoms. The highest BCUT2D eigenvalue weighted by molar-refractivity contribution is 6.34. The van der Waals surface area contributed by atoms with Crippen molar-refractivity contribution in [1.82, 2.24) is 14.7 Å². The number of nitrogens with two attached hydrogens (primary N) is 1. The Hall–Kier alpha value is -3.79. The minimum absolute atomic E-state index is 0.0556. The van der Waals surface area contributed by atoms with Gasteiger partial charge in [0, 0.05) is 24.0 Å². The summed E-state index contributed by atoms with van der Waals surface area (Å²) >= 11 is 6.20. The van der Waals surface area contributed by atoms with E-state index in [0.29, 0.717) is 31.4 Å². The van der Waals surface area contributed by atoms with E-state index in [4.69, 9.17) is 17.3 Å². The van der Waals surface area contributed by atoms with Crippen LogP contribution in [0.1, 0.15) is 63.7 Å². The van der Waals surface area contributed by atoms with Gasteiger partial charge in [0.05, 0.1) is 40.9 Å². The third kappa shape index (κ3) is 5.85. The van der Waals surface area contributed by atoms with Gasteiger partial charge in [0.25, 0.3) is 5.91 Å². The lowest BCUT2D eigenvalue weighted by Crippen LogP contribution is -2.36. The van der Waals surface area contributed by atoms with Crippen LogP contribution in [0, 0.1) is 24.5 Å². The zero-order chi connectivity index (χ0) is 27.6. The molecule has 0 spiro atoms. The number of hydrogen-bond donors (Lipinski definition) is 2. The maximum absolute atomic E-state index is 13.9. The van der Waals surface area contributed by atoms with E-state index < -0.39 is 41.8 Å². The molecule has 8 nitrogen and oxygen atoms in total. The molecule has 0 unspecified atom stereocenters. The van der Waals surface area contributed by atoms with Gasteiger partial charge in [-0.3, -0.25) is 19.1 Å². The summed E-state index contributed by atoms with van der Waals surface area (Å²) in [7, 11) is 0. The quantitative estimate of drug-likeness (QED) is 0.303. The van der Waals surface area contributed by atoms with Crippen LogP contribution in [0.15, 0.2) is 42.6 Å². The zero-order valence-electron chi connectivity index (χ0n) is 20.7. The van der Waals surface area contributed by atoms with E-state index in [1.165, 1.54) is 23.2 Å². The van der Waals surface area contributed by atoms with E-state index >= 15 is 0 Å². The van der Waals surface area contributed by atoms with Crippen molar-refractivity contribution >= 4 is 34.9 Å². The summed E-state index contributed by atoms with van der Waals surface area (Å²) in [6.07, 6.45) is 3.61. The number of nitrogens with zero attached hydrogens (tertiary/aromatic N) is 3. The lowest BCUT2D eigenvalue weighted by Gasteiger charge is -2.27. The summed E-state index contributed by atoms with van der Waals surface area (Å²) in [4.78, 5) is 39.4. The molecular weight excluding hydrogens is 518 g/mol. The van der Waals surface area contributed by atoms with Crippen LogP contribution in [0.25, 0.3) is 0 Å². The number of amides is 1. The smallest absolute Gasteiger partial charge is 0.306 e. The molecule has 1 fully saturated rings. The van der Waals surface area contributed by atoms with Gasteiger partial charge in [-0.05, 0) is 62.4 Å². The van der Waals surface area contributed by atoms with Gasteiger partial charge in [0.2, 0.25) is 0 Å². The predicted octanol–water partition coefficient (Wildman–Crippen LogP) is 5.05. The van der Waals surface area contributed by atoms with Gasteiger partial charge in [-0.15, -0.1) is 0 Å².